The van der Waals surface area contributed by atoms with E-state index >= 15 is 0 Å². The number of rotatable bonds is 3. The molecule has 0 atom stereocenters. The van der Waals surface area contributed by atoms with E-state index in [2.05, 4.69) is 15.1 Å². The number of aromatic nitrogens is 1. The first-order valence-corrected chi connectivity index (χ1v) is 3.96. The molecule has 0 amide bonds. The summed E-state index contributed by atoms with van der Waals surface area (Å²) < 4.78 is 4.43. The molecule has 5 heteroatoms. The van der Waals surface area contributed by atoms with Gasteiger partial charge >= 0.3 is 5.97 Å². The molecular weight excluding hydrogens is 182 g/mol. The van der Waals surface area contributed by atoms with Crippen molar-refractivity contribution < 1.29 is 9.53 Å². The normalized spacial score (nSPS) is 10.1. The van der Waals surface area contributed by atoms with Gasteiger partial charge in [0.2, 0.25) is 0 Å². The number of nitrogen functional groups attached to an aromatic ring is 1. The summed E-state index contributed by atoms with van der Waals surface area (Å²) in [6, 6.07) is 5.24. The zero-order valence-corrected chi connectivity index (χ0v) is 7.73. The standard InChI is InChI=1S/C9H11N3O2/c1-14-9(13)6-5-7-3-2-4-8(11-7)12-10/h2-6H,10H2,1H3,(H,11,12). The molecule has 74 valence electrons. The molecule has 14 heavy (non-hydrogen) atoms. The molecule has 3 N–H and O–H groups in total. The molecule has 0 saturated heterocycles. The Labute approximate surface area is 81.6 Å². The Morgan fingerprint density at radius 3 is 3.07 bits per heavy atom. The summed E-state index contributed by atoms with van der Waals surface area (Å²) in [5.74, 6) is 5.29. The van der Waals surface area contributed by atoms with Crippen molar-refractivity contribution in [2.24, 2.45) is 5.84 Å². The highest BCUT2D eigenvalue weighted by molar-refractivity contribution is 5.86. The number of nitrogens with one attached hydrogen (secondary N) is 1. The summed E-state index contributed by atoms with van der Waals surface area (Å²) in [7, 11) is 1.32. The third-order valence-corrected chi connectivity index (χ3v) is 1.51. The van der Waals surface area contributed by atoms with Gasteiger partial charge in [0.05, 0.1) is 12.8 Å². The van der Waals surface area contributed by atoms with Crippen molar-refractivity contribution >= 4 is 17.9 Å². The number of nitrogens with two attached hydrogens (primary N) is 1. The fourth-order valence-corrected chi connectivity index (χ4v) is 0.846. The van der Waals surface area contributed by atoms with Crippen molar-refractivity contribution in [3.63, 3.8) is 0 Å². The van der Waals surface area contributed by atoms with Gasteiger partial charge in [0.25, 0.3) is 0 Å². The maximum absolute atomic E-state index is 10.8. The smallest absolute Gasteiger partial charge is 0.330 e. The molecular formula is C9H11N3O2. The predicted octanol–water partition coefficient (Wildman–Crippen LogP) is 0.553. The third kappa shape index (κ3) is 2.87. The summed E-state index contributed by atoms with van der Waals surface area (Å²) in [4.78, 5) is 14.8. The van der Waals surface area contributed by atoms with Gasteiger partial charge in [-0.25, -0.2) is 15.6 Å². The first kappa shape index (κ1) is 10.2. The van der Waals surface area contributed by atoms with Crippen LogP contribution in [-0.2, 0) is 9.53 Å². The molecule has 0 aliphatic heterocycles. The van der Waals surface area contributed by atoms with Gasteiger partial charge in [-0.05, 0) is 18.2 Å². The van der Waals surface area contributed by atoms with Crippen molar-refractivity contribution in [2.45, 2.75) is 0 Å². The Balaban J connectivity index is 2.76. The molecule has 1 heterocycles. The monoisotopic (exact) mass is 193 g/mol. The van der Waals surface area contributed by atoms with Gasteiger partial charge in [0.15, 0.2) is 0 Å². The number of carbonyl (C=O) groups is 1. The van der Waals surface area contributed by atoms with Gasteiger partial charge < -0.3 is 10.2 Å². The lowest BCUT2D eigenvalue weighted by Crippen LogP contribution is -2.08. The quantitative estimate of drug-likeness (QED) is 0.317. The van der Waals surface area contributed by atoms with E-state index in [0.717, 1.165) is 0 Å². The molecule has 0 fully saturated rings. The van der Waals surface area contributed by atoms with E-state index in [1.807, 2.05) is 0 Å². The van der Waals surface area contributed by atoms with E-state index in [-0.39, 0.29) is 0 Å². The summed E-state index contributed by atoms with van der Waals surface area (Å²) >= 11 is 0. The first-order valence-electron chi connectivity index (χ1n) is 3.96. The number of hydrogen-bond donors (Lipinski definition) is 2. The molecule has 0 radical (unpaired) electrons. The van der Waals surface area contributed by atoms with Gasteiger partial charge in [-0.1, -0.05) is 6.07 Å². The minimum absolute atomic E-state index is 0.419. The Morgan fingerprint density at radius 2 is 2.43 bits per heavy atom. The lowest BCUT2D eigenvalue weighted by Gasteiger charge is -1.98. The number of methoxy groups -OCH3 is 1. The van der Waals surface area contributed by atoms with Crippen molar-refractivity contribution in [2.75, 3.05) is 12.5 Å². The second-order valence-corrected chi connectivity index (χ2v) is 2.45. The van der Waals surface area contributed by atoms with Gasteiger partial charge in [-0.15, -0.1) is 0 Å². The van der Waals surface area contributed by atoms with Crippen LogP contribution in [0, 0.1) is 0 Å². The molecule has 0 unspecified atom stereocenters. The molecule has 1 aromatic rings. The van der Waals surface area contributed by atoms with Crippen LogP contribution in [-0.4, -0.2) is 18.1 Å². The lowest BCUT2D eigenvalue weighted by atomic mass is 10.3. The van der Waals surface area contributed by atoms with Crippen LogP contribution in [0.5, 0.6) is 0 Å². The Bertz CT molecular complexity index is 350. The molecule has 0 aromatic carbocycles. The lowest BCUT2D eigenvalue weighted by molar-refractivity contribution is -0.134. The predicted molar refractivity (Wildman–Crippen MR) is 53.1 cm³/mol. The number of esters is 1. The van der Waals surface area contributed by atoms with E-state index < -0.39 is 5.97 Å². The van der Waals surface area contributed by atoms with Gasteiger partial charge in [0, 0.05) is 6.08 Å². The van der Waals surface area contributed by atoms with Crippen LogP contribution >= 0.6 is 0 Å². The Hall–Kier alpha value is -1.88. The summed E-state index contributed by atoms with van der Waals surface area (Å²) in [6.07, 6.45) is 2.84. The first-order chi connectivity index (χ1) is 6.76. The van der Waals surface area contributed by atoms with Gasteiger partial charge in [-0.3, -0.25) is 0 Å². The second kappa shape index (κ2) is 4.98. The van der Waals surface area contributed by atoms with Crippen molar-refractivity contribution in [3.8, 4) is 0 Å². The maximum Gasteiger partial charge on any atom is 0.330 e. The molecule has 0 saturated carbocycles. The van der Waals surface area contributed by atoms with E-state index in [1.165, 1.54) is 13.2 Å². The zero-order valence-electron chi connectivity index (χ0n) is 7.73. The summed E-state index contributed by atoms with van der Waals surface area (Å²) in [5.41, 5.74) is 3.04. The van der Waals surface area contributed by atoms with Crippen LogP contribution in [0.2, 0.25) is 0 Å². The largest absolute Gasteiger partial charge is 0.466 e. The number of hydrazine groups is 1. The number of carbonyl (C=O) groups excluding carboxylic acids is 1. The van der Waals surface area contributed by atoms with E-state index in [0.29, 0.717) is 11.5 Å². The highest BCUT2D eigenvalue weighted by Gasteiger charge is 1.94. The number of hydrogen-bond acceptors (Lipinski definition) is 5. The van der Waals surface area contributed by atoms with Crippen LogP contribution in [0.3, 0.4) is 0 Å². The molecule has 1 aromatic heterocycles. The molecule has 0 spiro atoms. The fraction of sp³-hybridized carbons (Fsp3) is 0.111. The summed E-state index contributed by atoms with van der Waals surface area (Å²) in [6.45, 7) is 0. The van der Waals surface area contributed by atoms with Crippen LogP contribution in [0.15, 0.2) is 24.3 Å². The van der Waals surface area contributed by atoms with Crippen LogP contribution < -0.4 is 11.3 Å². The van der Waals surface area contributed by atoms with Gasteiger partial charge in [-0.2, -0.15) is 0 Å². The average Bonchev–Trinajstić information content (AvgIpc) is 2.26. The molecule has 1 rings (SSSR count). The second-order valence-electron chi connectivity index (χ2n) is 2.45. The van der Waals surface area contributed by atoms with Crippen LogP contribution in [0.4, 0.5) is 5.82 Å². The SMILES string of the molecule is COC(=O)C=Cc1cccc(NN)n1. The average molecular weight is 193 g/mol. The Kier molecular flexibility index (Phi) is 3.63. The van der Waals surface area contributed by atoms with Crippen molar-refractivity contribution in [1.82, 2.24) is 4.98 Å². The van der Waals surface area contributed by atoms with E-state index in [9.17, 15) is 4.79 Å². The molecule has 0 aliphatic rings. The number of nitrogens with zero attached hydrogens (tertiary/aromatic N) is 1. The minimum Gasteiger partial charge on any atom is -0.466 e. The van der Waals surface area contributed by atoms with E-state index in [1.54, 1.807) is 24.3 Å². The maximum atomic E-state index is 10.8. The highest BCUT2D eigenvalue weighted by Crippen LogP contribution is 2.04. The zero-order chi connectivity index (χ0) is 10.4. The Morgan fingerprint density at radius 1 is 1.64 bits per heavy atom. The number of pyridine rings is 1. The number of ether oxygens (including phenoxy) is 1. The topological polar surface area (TPSA) is 77.2 Å². The third-order valence-electron chi connectivity index (χ3n) is 1.51. The minimum atomic E-state index is -0.419. The van der Waals surface area contributed by atoms with E-state index in [4.69, 9.17) is 5.84 Å². The van der Waals surface area contributed by atoms with Crippen molar-refractivity contribution in [3.05, 3.63) is 30.0 Å². The van der Waals surface area contributed by atoms with Crippen LogP contribution in [0.25, 0.3) is 6.08 Å². The van der Waals surface area contributed by atoms with Crippen molar-refractivity contribution in [1.29, 1.82) is 0 Å². The van der Waals surface area contributed by atoms with Gasteiger partial charge in [0.1, 0.15) is 5.82 Å². The highest BCUT2D eigenvalue weighted by atomic mass is 16.5. The molecule has 5 nitrogen and oxygen atoms in total. The molecule has 0 bridgehead atoms. The fourth-order valence-electron chi connectivity index (χ4n) is 0.846. The number of anilines is 1. The van der Waals surface area contributed by atoms with Crippen LogP contribution in [0.1, 0.15) is 5.69 Å². The molecule has 0 aliphatic carbocycles. The summed E-state index contributed by atoms with van der Waals surface area (Å²) in [5, 5.41) is 0.